The summed E-state index contributed by atoms with van der Waals surface area (Å²) >= 11 is 1.84. The zero-order valence-corrected chi connectivity index (χ0v) is 21.3. The lowest BCUT2D eigenvalue weighted by Gasteiger charge is -2.22. The van der Waals surface area contributed by atoms with Crippen LogP contribution in [-0.4, -0.2) is 26.7 Å². The molecule has 0 unspecified atom stereocenters. The predicted molar refractivity (Wildman–Crippen MR) is 150 cm³/mol. The summed E-state index contributed by atoms with van der Waals surface area (Å²) in [6.07, 6.45) is 4.39. The molecular weight excluding hydrogens is 448 g/mol. The first kappa shape index (κ1) is 23.5. The molecule has 0 atom stereocenters. The highest BCUT2D eigenvalue weighted by Crippen LogP contribution is 2.45. The van der Waals surface area contributed by atoms with E-state index in [-0.39, 0.29) is 0 Å². The van der Waals surface area contributed by atoms with Crippen LogP contribution in [0.2, 0.25) is 0 Å². The summed E-state index contributed by atoms with van der Waals surface area (Å²) in [6.45, 7) is 4.86. The van der Waals surface area contributed by atoms with Gasteiger partial charge in [0.1, 0.15) is 11.2 Å². The number of para-hydroxylation sites is 3. The fourth-order valence-corrected chi connectivity index (χ4v) is 5.89. The summed E-state index contributed by atoms with van der Waals surface area (Å²) in [5, 5.41) is 2.48. The molecule has 0 radical (unpaired) electrons. The van der Waals surface area contributed by atoms with E-state index >= 15 is 0 Å². The van der Waals surface area contributed by atoms with E-state index in [9.17, 15) is 0 Å². The van der Waals surface area contributed by atoms with Crippen LogP contribution in [0.4, 0.5) is 11.5 Å². The monoisotopic (exact) mass is 481 g/mol. The standard InChI is InChI=1S/C30H33N4S/c1-3-19-33(20-11-18-31)29-21-23(22-30-32(2)27-16-9-10-17-28(27)35-30)25-14-7-8-15-26(25)34(29)24-12-5-4-6-13-24/h4-10,12-17,21-22H,3,11,18-20,31H2,1-2H3/q+1. The summed E-state index contributed by atoms with van der Waals surface area (Å²) in [4.78, 5) is 6.09. The molecule has 0 bridgehead atoms. The molecule has 2 heterocycles. The van der Waals surface area contributed by atoms with Gasteiger partial charge in [-0.1, -0.05) is 67.2 Å². The Bertz CT molecular complexity index is 1350. The molecule has 0 aliphatic carbocycles. The molecule has 0 saturated carbocycles. The number of fused-ring (bicyclic) bond motifs is 2. The highest BCUT2D eigenvalue weighted by molar-refractivity contribution is 8.03. The molecule has 4 nitrogen and oxygen atoms in total. The topological polar surface area (TPSA) is 36.4 Å². The summed E-state index contributed by atoms with van der Waals surface area (Å²) in [5.74, 6) is 1.21. The molecule has 5 rings (SSSR count). The van der Waals surface area contributed by atoms with E-state index in [1.54, 1.807) is 0 Å². The van der Waals surface area contributed by atoms with Gasteiger partial charge in [-0.25, -0.2) is 0 Å². The molecule has 1 aromatic heterocycles. The zero-order chi connectivity index (χ0) is 24.2. The lowest BCUT2D eigenvalue weighted by molar-refractivity contribution is -0.553. The SMILES string of the molecule is CCCN(CCCN)c1cc(C=C2Sc3ccccc3N2C)c2ccccc2[n+]1-c1ccccc1. The normalized spacial score (nSPS) is 14.0. The van der Waals surface area contributed by atoms with Crippen LogP contribution in [-0.2, 0) is 0 Å². The number of nitrogens with two attached hydrogens (primary N) is 1. The molecule has 35 heavy (non-hydrogen) atoms. The Morgan fingerprint density at radius 1 is 0.943 bits per heavy atom. The van der Waals surface area contributed by atoms with E-state index in [0.717, 1.165) is 25.9 Å². The van der Waals surface area contributed by atoms with Crippen LogP contribution in [0.15, 0.2) is 94.9 Å². The van der Waals surface area contributed by atoms with Gasteiger partial charge in [-0.3, -0.25) is 4.90 Å². The van der Waals surface area contributed by atoms with Gasteiger partial charge in [-0.2, -0.15) is 4.57 Å². The van der Waals surface area contributed by atoms with Crippen molar-refractivity contribution in [3.63, 3.8) is 0 Å². The molecule has 5 heteroatoms. The smallest absolute Gasteiger partial charge is 0.282 e. The van der Waals surface area contributed by atoms with Gasteiger partial charge in [0.25, 0.3) is 5.82 Å². The van der Waals surface area contributed by atoms with Crippen molar-refractivity contribution >= 4 is 40.2 Å². The van der Waals surface area contributed by atoms with Gasteiger partial charge in [0.15, 0.2) is 0 Å². The number of pyridine rings is 1. The Morgan fingerprint density at radius 2 is 1.69 bits per heavy atom. The van der Waals surface area contributed by atoms with Crippen molar-refractivity contribution in [1.82, 2.24) is 0 Å². The minimum Gasteiger partial charge on any atom is -0.338 e. The number of hydrogen-bond acceptors (Lipinski definition) is 4. The van der Waals surface area contributed by atoms with Crippen LogP contribution in [0, 0.1) is 0 Å². The third-order valence-electron chi connectivity index (χ3n) is 6.48. The lowest BCUT2D eigenvalue weighted by Crippen LogP contribution is -2.42. The highest BCUT2D eigenvalue weighted by Gasteiger charge is 2.26. The van der Waals surface area contributed by atoms with Gasteiger partial charge < -0.3 is 10.6 Å². The Morgan fingerprint density at radius 3 is 2.46 bits per heavy atom. The number of aromatic nitrogens is 1. The second-order valence-corrected chi connectivity index (χ2v) is 9.95. The lowest BCUT2D eigenvalue weighted by atomic mass is 10.1. The molecule has 4 aromatic rings. The quantitative estimate of drug-likeness (QED) is 0.303. The number of anilines is 2. The molecule has 3 aromatic carbocycles. The number of thioether (sulfide) groups is 1. The maximum absolute atomic E-state index is 5.94. The van der Waals surface area contributed by atoms with Crippen LogP contribution in [0.5, 0.6) is 0 Å². The maximum atomic E-state index is 5.94. The van der Waals surface area contributed by atoms with Crippen LogP contribution in [0.25, 0.3) is 22.7 Å². The average molecular weight is 482 g/mol. The number of benzene rings is 3. The minimum atomic E-state index is 0.690. The molecule has 0 spiro atoms. The maximum Gasteiger partial charge on any atom is 0.282 e. The van der Waals surface area contributed by atoms with Gasteiger partial charge in [0.05, 0.1) is 23.8 Å². The summed E-state index contributed by atoms with van der Waals surface area (Å²) in [7, 11) is 2.16. The fourth-order valence-electron chi connectivity index (χ4n) is 4.79. The first-order valence-electron chi connectivity index (χ1n) is 12.4. The van der Waals surface area contributed by atoms with Gasteiger partial charge >= 0.3 is 0 Å². The highest BCUT2D eigenvalue weighted by atomic mass is 32.2. The van der Waals surface area contributed by atoms with E-state index in [1.807, 2.05) is 11.8 Å². The Kier molecular flexibility index (Phi) is 7.07. The first-order valence-corrected chi connectivity index (χ1v) is 13.2. The van der Waals surface area contributed by atoms with E-state index in [2.05, 4.69) is 119 Å². The van der Waals surface area contributed by atoms with Crippen molar-refractivity contribution < 1.29 is 4.57 Å². The van der Waals surface area contributed by atoms with E-state index in [0.29, 0.717) is 6.54 Å². The molecule has 0 saturated heterocycles. The molecular formula is C30H33N4S+. The number of nitrogens with zero attached hydrogens (tertiary/aromatic N) is 3. The van der Waals surface area contributed by atoms with Crippen LogP contribution in [0.1, 0.15) is 25.3 Å². The minimum absolute atomic E-state index is 0.690. The Labute approximate surface area is 212 Å². The summed E-state index contributed by atoms with van der Waals surface area (Å²) in [5.41, 5.74) is 10.8. The van der Waals surface area contributed by atoms with E-state index in [4.69, 9.17) is 5.73 Å². The van der Waals surface area contributed by atoms with Crippen molar-refractivity contribution in [3.05, 3.63) is 95.5 Å². The number of hydrogen-bond donors (Lipinski definition) is 1. The zero-order valence-electron chi connectivity index (χ0n) is 20.5. The van der Waals surface area contributed by atoms with Crippen LogP contribution < -0.4 is 20.1 Å². The third kappa shape index (κ3) is 4.66. The largest absolute Gasteiger partial charge is 0.338 e. The van der Waals surface area contributed by atoms with Crippen molar-refractivity contribution in [2.45, 2.75) is 24.7 Å². The molecule has 2 N–H and O–H groups in total. The van der Waals surface area contributed by atoms with Crippen molar-refractivity contribution in [2.24, 2.45) is 5.73 Å². The van der Waals surface area contributed by atoms with E-state index in [1.165, 1.54) is 43.6 Å². The first-order chi connectivity index (χ1) is 17.2. The van der Waals surface area contributed by atoms with Crippen molar-refractivity contribution in [1.29, 1.82) is 0 Å². The predicted octanol–water partition coefficient (Wildman–Crippen LogP) is 6.22. The molecule has 1 aliphatic heterocycles. The second kappa shape index (κ2) is 10.5. The summed E-state index contributed by atoms with van der Waals surface area (Å²) in [6, 6.07) is 30.4. The van der Waals surface area contributed by atoms with Gasteiger partial charge in [-0.15, -0.1) is 0 Å². The number of rotatable bonds is 8. The third-order valence-corrected chi connectivity index (χ3v) is 7.65. The van der Waals surface area contributed by atoms with Gasteiger partial charge in [0, 0.05) is 23.4 Å². The van der Waals surface area contributed by atoms with Crippen LogP contribution >= 0.6 is 11.8 Å². The van der Waals surface area contributed by atoms with Gasteiger partial charge in [0.2, 0.25) is 0 Å². The average Bonchev–Trinajstić information content (AvgIpc) is 3.22. The Balaban J connectivity index is 1.73. The molecule has 178 valence electrons. The second-order valence-electron chi connectivity index (χ2n) is 8.89. The fraction of sp³-hybridized carbons (Fsp3) is 0.233. The van der Waals surface area contributed by atoms with Crippen molar-refractivity contribution in [3.8, 4) is 5.69 Å². The van der Waals surface area contributed by atoms with Crippen LogP contribution in [0.3, 0.4) is 0 Å². The van der Waals surface area contributed by atoms with Crippen molar-refractivity contribution in [2.75, 3.05) is 36.5 Å². The molecule has 0 fully saturated rings. The Hall–Kier alpha value is -3.28. The van der Waals surface area contributed by atoms with Gasteiger partial charge in [-0.05, 0) is 61.4 Å². The molecule has 1 aliphatic rings. The molecule has 0 amide bonds. The van der Waals surface area contributed by atoms with E-state index < -0.39 is 0 Å². The summed E-state index contributed by atoms with van der Waals surface area (Å²) < 4.78 is 2.41.